The highest BCUT2D eigenvalue weighted by Gasteiger charge is 2.46. The summed E-state index contributed by atoms with van der Waals surface area (Å²) in [5.41, 5.74) is -0.295. The molecule has 26 heavy (non-hydrogen) atoms. The summed E-state index contributed by atoms with van der Waals surface area (Å²) in [4.78, 5) is 20.0. The number of imidazole rings is 1. The predicted octanol–water partition coefficient (Wildman–Crippen LogP) is 1.65. The first-order chi connectivity index (χ1) is 12.7. The van der Waals surface area contributed by atoms with Gasteiger partial charge in [-0.05, 0) is 37.4 Å². The topological polar surface area (TPSA) is 67.6 Å². The molecule has 3 fully saturated rings. The van der Waals surface area contributed by atoms with Crippen LogP contribution in [0.25, 0.3) is 0 Å². The van der Waals surface area contributed by atoms with Gasteiger partial charge in [-0.3, -0.25) is 4.90 Å². The normalized spacial score (nSPS) is 27.0. The summed E-state index contributed by atoms with van der Waals surface area (Å²) in [6, 6.07) is 9.54. The van der Waals surface area contributed by atoms with E-state index in [0.29, 0.717) is 5.92 Å². The molecule has 1 N–H and O–H groups in total. The van der Waals surface area contributed by atoms with Crippen molar-refractivity contribution in [3.63, 3.8) is 0 Å². The lowest BCUT2D eigenvalue weighted by Gasteiger charge is -2.45. The van der Waals surface area contributed by atoms with E-state index in [-0.39, 0.29) is 25.1 Å². The van der Waals surface area contributed by atoms with Crippen LogP contribution >= 0.6 is 0 Å². The van der Waals surface area contributed by atoms with Crippen molar-refractivity contribution in [3.05, 3.63) is 54.6 Å². The molecular formula is C20H25N3O3. The van der Waals surface area contributed by atoms with Gasteiger partial charge < -0.3 is 14.4 Å². The molecule has 1 aromatic carbocycles. The first kappa shape index (κ1) is 17.2. The van der Waals surface area contributed by atoms with Crippen LogP contribution in [0.5, 0.6) is 0 Å². The van der Waals surface area contributed by atoms with Gasteiger partial charge in [0.15, 0.2) is 5.54 Å². The summed E-state index contributed by atoms with van der Waals surface area (Å²) in [5.74, 6) is 0.129. The number of rotatable bonds is 6. The van der Waals surface area contributed by atoms with Crippen LogP contribution in [0.1, 0.15) is 24.8 Å². The average Bonchev–Trinajstić information content (AvgIpc) is 3.23. The van der Waals surface area contributed by atoms with E-state index in [1.165, 1.54) is 0 Å². The summed E-state index contributed by atoms with van der Waals surface area (Å²) in [5, 5.41) is 9.77. The third kappa shape index (κ3) is 2.93. The standard InChI is InChI=1S/C20H25N3O3/c24-13-8-20(23-12-9-21-15-23,17-4-2-1-3-5-17)19(25)26-18-14-22-10-6-16(18)7-11-22/h1-5,9,12,15-16,18,24H,6-8,10-11,13-14H2/t18?,20-/m1/s1. The van der Waals surface area contributed by atoms with Crippen molar-refractivity contribution < 1.29 is 14.6 Å². The summed E-state index contributed by atoms with van der Waals surface area (Å²) in [6.07, 6.45) is 7.38. The number of hydrogen-bond acceptors (Lipinski definition) is 5. The SMILES string of the molecule is O=C(OC1CN2CCC1CC2)[C@@](CCO)(c1ccccc1)n1ccnc1. The summed E-state index contributed by atoms with van der Waals surface area (Å²) in [7, 11) is 0. The van der Waals surface area contributed by atoms with Gasteiger partial charge >= 0.3 is 5.97 Å². The second-order valence-electron chi connectivity index (χ2n) is 7.25. The van der Waals surface area contributed by atoms with Crippen molar-refractivity contribution in [1.29, 1.82) is 0 Å². The Morgan fingerprint density at radius 1 is 1.27 bits per heavy atom. The number of piperidine rings is 3. The molecule has 0 aliphatic carbocycles. The number of aliphatic hydroxyl groups excluding tert-OH is 1. The number of fused-ring (bicyclic) bond motifs is 3. The summed E-state index contributed by atoms with van der Waals surface area (Å²) >= 11 is 0. The molecule has 1 aromatic heterocycles. The van der Waals surface area contributed by atoms with Gasteiger partial charge in [0.2, 0.25) is 0 Å². The predicted molar refractivity (Wildman–Crippen MR) is 96.5 cm³/mol. The van der Waals surface area contributed by atoms with Gasteiger partial charge in [-0.1, -0.05) is 30.3 Å². The van der Waals surface area contributed by atoms with Crippen molar-refractivity contribution in [1.82, 2.24) is 14.5 Å². The van der Waals surface area contributed by atoms with Gasteiger partial charge in [-0.2, -0.15) is 0 Å². The Kier molecular flexibility index (Phi) is 4.78. The van der Waals surface area contributed by atoms with E-state index in [4.69, 9.17) is 4.74 Å². The van der Waals surface area contributed by atoms with E-state index >= 15 is 0 Å². The molecule has 138 valence electrons. The molecule has 5 rings (SSSR count). The quantitative estimate of drug-likeness (QED) is 0.798. The monoisotopic (exact) mass is 355 g/mol. The number of nitrogens with zero attached hydrogens (tertiary/aromatic N) is 3. The maximum absolute atomic E-state index is 13.5. The van der Waals surface area contributed by atoms with Gasteiger partial charge in [0.05, 0.1) is 6.33 Å². The number of aliphatic hydroxyl groups is 1. The molecule has 0 radical (unpaired) electrons. The number of benzene rings is 1. The van der Waals surface area contributed by atoms with Crippen molar-refractivity contribution in [3.8, 4) is 0 Å². The molecule has 3 saturated heterocycles. The third-order valence-corrected chi connectivity index (χ3v) is 5.86. The molecule has 0 saturated carbocycles. The highest BCUT2D eigenvalue weighted by molar-refractivity contribution is 5.83. The zero-order chi connectivity index (χ0) is 18.0. The number of hydrogen-bond donors (Lipinski definition) is 1. The fourth-order valence-corrected chi connectivity index (χ4v) is 4.39. The van der Waals surface area contributed by atoms with Gasteiger partial charge in [-0.15, -0.1) is 0 Å². The van der Waals surface area contributed by atoms with E-state index in [0.717, 1.165) is 38.0 Å². The Morgan fingerprint density at radius 3 is 2.62 bits per heavy atom. The molecule has 2 bridgehead atoms. The maximum atomic E-state index is 13.5. The second-order valence-corrected chi connectivity index (χ2v) is 7.25. The maximum Gasteiger partial charge on any atom is 0.337 e. The lowest BCUT2D eigenvalue weighted by atomic mass is 9.84. The van der Waals surface area contributed by atoms with E-state index in [2.05, 4.69) is 9.88 Å². The van der Waals surface area contributed by atoms with Crippen LogP contribution in [0.4, 0.5) is 0 Å². The zero-order valence-corrected chi connectivity index (χ0v) is 14.8. The Labute approximate surface area is 153 Å². The Morgan fingerprint density at radius 2 is 2.04 bits per heavy atom. The fourth-order valence-electron chi connectivity index (χ4n) is 4.39. The lowest BCUT2D eigenvalue weighted by Crippen LogP contribution is -2.54. The number of esters is 1. The first-order valence-corrected chi connectivity index (χ1v) is 9.32. The Balaban J connectivity index is 1.69. The zero-order valence-electron chi connectivity index (χ0n) is 14.8. The summed E-state index contributed by atoms with van der Waals surface area (Å²) in [6.45, 7) is 2.88. The van der Waals surface area contributed by atoms with Crippen LogP contribution < -0.4 is 0 Å². The number of ether oxygens (including phenoxy) is 1. The van der Waals surface area contributed by atoms with Crippen LogP contribution in [0.15, 0.2) is 49.1 Å². The fraction of sp³-hybridized carbons (Fsp3) is 0.500. The molecule has 6 nitrogen and oxygen atoms in total. The van der Waals surface area contributed by atoms with Crippen molar-refractivity contribution in [2.45, 2.75) is 30.9 Å². The molecule has 3 aliphatic rings. The molecule has 4 heterocycles. The highest BCUT2D eigenvalue weighted by Crippen LogP contribution is 2.35. The minimum Gasteiger partial charge on any atom is -0.459 e. The van der Waals surface area contributed by atoms with Crippen LogP contribution in [0, 0.1) is 5.92 Å². The molecule has 6 heteroatoms. The van der Waals surface area contributed by atoms with E-state index in [1.807, 2.05) is 30.3 Å². The molecule has 0 spiro atoms. The van der Waals surface area contributed by atoms with Crippen LogP contribution in [-0.2, 0) is 15.1 Å². The first-order valence-electron chi connectivity index (χ1n) is 9.32. The smallest absolute Gasteiger partial charge is 0.337 e. The summed E-state index contributed by atoms with van der Waals surface area (Å²) < 4.78 is 7.85. The number of carbonyl (C=O) groups is 1. The molecule has 0 amide bonds. The molecule has 2 atom stereocenters. The minimum absolute atomic E-state index is 0.0738. The van der Waals surface area contributed by atoms with Crippen LogP contribution in [0.3, 0.4) is 0 Å². The molecular weight excluding hydrogens is 330 g/mol. The van der Waals surface area contributed by atoms with Gasteiger partial charge in [0, 0.05) is 32.0 Å². The van der Waals surface area contributed by atoms with Gasteiger partial charge in [0.25, 0.3) is 0 Å². The van der Waals surface area contributed by atoms with Crippen LogP contribution in [-0.4, -0.2) is 57.9 Å². The average molecular weight is 355 g/mol. The number of aromatic nitrogens is 2. The van der Waals surface area contributed by atoms with E-state index in [9.17, 15) is 9.90 Å². The van der Waals surface area contributed by atoms with E-state index in [1.54, 1.807) is 23.3 Å². The molecule has 1 unspecified atom stereocenters. The van der Waals surface area contributed by atoms with Crippen LogP contribution in [0.2, 0.25) is 0 Å². The Bertz CT molecular complexity index is 726. The number of carbonyl (C=O) groups excluding carboxylic acids is 1. The highest BCUT2D eigenvalue weighted by atomic mass is 16.5. The van der Waals surface area contributed by atoms with Gasteiger partial charge in [0.1, 0.15) is 6.10 Å². The van der Waals surface area contributed by atoms with Crippen molar-refractivity contribution in [2.75, 3.05) is 26.2 Å². The van der Waals surface area contributed by atoms with Crippen molar-refractivity contribution >= 4 is 5.97 Å². The lowest BCUT2D eigenvalue weighted by molar-refractivity contribution is -0.168. The third-order valence-electron chi connectivity index (χ3n) is 5.86. The minimum atomic E-state index is -1.10. The molecule has 3 aliphatic heterocycles. The largest absolute Gasteiger partial charge is 0.459 e. The van der Waals surface area contributed by atoms with Gasteiger partial charge in [-0.25, -0.2) is 9.78 Å². The second kappa shape index (κ2) is 7.21. The Hall–Kier alpha value is -2.18. The van der Waals surface area contributed by atoms with Crippen molar-refractivity contribution in [2.24, 2.45) is 5.92 Å². The van der Waals surface area contributed by atoms with E-state index < -0.39 is 5.54 Å². The molecule has 2 aromatic rings.